The average molecular weight is 249 g/mol. The van der Waals surface area contributed by atoms with E-state index in [9.17, 15) is 0 Å². The van der Waals surface area contributed by atoms with Crippen molar-refractivity contribution in [3.8, 4) is 0 Å². The summed E-state index contributed by atoms with van der Waals surface area (Å²) in [6, 6.07) is 6.57. The lowest BCUT2D eigenvalue weighted by Gasteiger charge is -2.25. The molecule has 1 rings (SSSR count). The molecule has 4 heteroatoms. The van der Waals surface area contributed by atoms with E-state index in [4.69, 9.17) is 10.9 Å². The van der Waals surface area contributed by atoms with Gasteiger partial charge in [0.25, 0.3) is 0 Å². The standard InChI is InChI=1S/C14H23N3O/c1-10-6-5-7-11(2)13(10)9-17(4)12(3)8-14(15)16-18/h5-7,12,18H,8-9H2,1-4H3,(H2,15,16). The highest BCUT2D eigenvalue weighted by molar-refractivity contribution is 5.80. The minimum Gasteiger partial charge on any atom is -0.409 e. The van der Waals surface area contributed by atoms with Crippen molar-refractivity contribution in [2.24, 2.45) is 10.9 Å². The van der Waals surface area contributed by atoms with Crippen LogP contribution >= 0.6 is 0 Å². The Morgan fingerprint density at radius 3 is 2.44 bits per heavy atom. The molecule has 1 unspecified atom stereocenters. The molecule has 100 valence electrons. The molecule has 1 atom stereocenters. The van der Waals surface area contributed by atoms with E-state index in [0.29, 0.717) is 6.42 Å². The van der Waals surface area contributed by atoms with E-state index >= 15 is 0 Å². The van der Waals surface area contributed by atoms with Crippen molar-refractivity contribution in [1.29, 1.82) is 0 Å². The van der Waals surface area contributed by atoms with Gasteiger partial charge in [0.2, 0.25) is 0 Å². The highest BCUT2D eigenvalue weighted by Crippen LogP contribution is 2.16. The first-order chi connectivity index (χ1) is 8.45. The van der Waals surface area contributed by atoms with Crippen LogP contribution in [-0.4, -0.2) is 29.0 Å². The summed E-state index contributed by atoms with van der Waals surface area (Å²) < 4.78 is 0. The van der Waals surface area contributed by atoms with Gasteiger partial charge < -0.3 is 10.9 Å². The number of benzene rings is 1. The SMILES string of the molecule is Cc1cccc(C)c1CN(C)C(C)C/C(N)=N/O. The number of hydrogen-bond donors (Lipinski definition) is 2. The Morgan fingerprint density at radius 1 is 1.39 bits per heavy atom. The van der Waals surface area contributed by atoms with E-state index in [0.717, 1.165) is 6.54 Å². The average Bonchev–Trinajstić information content (AvgIpc) is 2.33. The summed E-state index contributed by atoms with van der Waals surface area (Å²) >= 11 is 0. The highest BCUT2D eigenvalue weighted by Gasteiger charge is 2.13. The Hall–Kier alpha value is -1.55. The number of nitrogens with zero attached hydrogens (tertiary/aromatic N) is 2. The molecule has 0 aliphatic rings. The predicted octanol–water partition coefficient (Wildman–Crippen LogP) is 2.26. The fraction of sp³-hybridized carbons (Fsp3) is 0.500. The molecule has 0 spiro atoms. The van der Waals surface area contributed by atoms with Crippen LogP contribution in [0.25, 0.3) is 0 Å². The van der Waals surface area contributed by atoms with E-state index in [2.05, 4.69) is 56.1 Å². The van der Waals surface area contributed by atoms with Crippen molar-refractivity contribution in [2.75, 3.05) is 7.05 Å². The zero-order valence-corrected chi connectivity index (χ0v) is 11.6. The third kappa shape index (κ3) is 3.74. The lowest BCUT2D eigenvalue weighted by Crippen LogP contribution is -2.33. The summed E-state index contributed by atoms with van der Waals surface area (Å²) in [6.07, 6.45) is 0.567. The monoisotopic (exact) mass is 249 g/mol. The Labute approximate surface area is 109 Å². The van der Waals surface area contributed by atoms with E-state index in [-0.39, 0.29) is 11.9 Å². The molecule has 0 aliphatic heterocycles. The minimum atomic E-state index is 0.236. The van der Waals surface area contributed by atoms with Gasteiger partial charge in [0.05, 0.1) is 0 Å². The number of aryl methyl sites for hydroxylation is 2. The van der Waals surface area contributed by atoms with E-state index in [1.54, 1.807) is 0 Å². The molecule has 0 amide bonds. The van der Waals surface area contributed by atoms with Gasteiger partial charge >= 0.3 is 0 Å². The zero-order valence-electron chi connectivity index (χ0n) is 11.6. The summed E-state index contributed by atoms with van der Waals surface area (Å²) in [5.74, 6) is 0.274. The van der Waals surface area contributed by atoms with Crippen molar-refractivity contribution < 1.29 is 5.21 Å². The smallest absolute Gasteiger partial charge is 0.140 e. The van der Waals surface area contributed by atoms with Gasteiger partial charge in [0, 0.05) is 19.0 Å². The van der Waals surface area contributed by atoms with Gasteiger partial charge in [-0.25, -0.2) is 0 Å². The predicted molar refractivity (Wildman–Crippen MR) is 74.9 cm³/mol. The number of oxime groups is 1. The number of amidine groups is 1. The molecular weight excluding hydrogens is 226 g/mol. The molecule has 0 aromatic heterocycles. The zero-order chi connectivity index (χ0) is 13.7. The van der Waals surface area contributed by atoms with Gasteiger partial charge in [0.1, 0.15) is 5.84 Å². The molecule has 0 aliphatic carbocycles. The quantitative estimate of drug-likeness (QED) is 0.364. The van der Waals surface area contributed by atoms with E-state index in [1.165, 1.54) is 16.7 Å². The molecule has 0 saturated carbocycles. The van der Waals surface area contributed by atoms with Crippen LogP contribution in [0.2, 0.25) is 0 Å². The van der Waals surface area contributed by atoms with Crippen molar-refractivity contribution in [1.82, 2.24) is 4.90 Å². The Balaban J connectivity index is 2.72. The maximum atomic E-state index is 8.59. The van der Waals surface area contributed by atoms with Gasteiger partial charge in [-0.05, 0) is 44.5 Å². The van der Waals surface area contributed by atoms with Crippen LogP contribution in [0.1, 0.15) is 30.0 Å². The van der Waals surface area contributed by atoms with Crippen molar-refractivity contribution in [2.45, 2.75) is 39.8 Å². The van der Waals surface area contributed by atoms with Crippen molar-refractivity contribution in [3.63, 3.8) is 0 Å². The molecule has 1 aromatic rings. The maximum Gasteiger partial charge on any atom is 0.140 e. The van der Waals surface area contributed by atoms with Gasteiger partial charge in [-0.2, -0.15) is 0 Å². The summed E-state index contributed by atoms with van der Waals surface area (Å²) in [5, 5.41) is 11.6. The van der Waals surface area contributed by atoms with Crippen LogP contribution in [0.15, 0.2) is 23.4 Å². The lowest BCUT2D eigenvalue weighted by molar-refractivity contribution is 0.250. The molecule has 3 N–H and O–H groups in total. The normalized spacial score (nSPS) is 13.9. The largest absolute Gasteiger partial charge is 0.409 e. The second kappa shape index (κ2) is 6.40. The van der Waals surface area contributed by atoms with E-state index < -0.39 is 0 Å². The third-order valence-corrected chi connectivity index (χ3v) is 3.44. The number of nitrogens with two attached hydrogens (primary N) is 1. The second-order valence-electron chi connectivity index (χ2n) is 4.93. The summed E-state index contributed by atoms with van der Waals surface area (Å²) in [4.78, 5) is 2.22. The summed E-state index contributed by atoms with van der Waals surface area (Å²) in [5.41, 5.74) is 9.50. The fourth-order valence-electron chi connectivity index (χ4n) is 2.00. The third-order valence-electron chi connectivity index (χ3n) is 3.44. The lowest BCUT2D eigenvalue weighted by atomic mass is 10.0. The molecule has 0 fully saturated rings. The van der Waals surface area contributed by atoms with Crippen LogP contribution in [0, 0.1) is 13.8 Å². The first-order valence-electron chi connectivity index (χ1n) is 6.17. The minimum absolute atomic E-state index is 0.236. The van der Waals surface area contributed by atoms with Crippen LogP contribution in [-0.2, 0) is 6.54 Å². The topological polar surface area (TPSA) is 61.8 Å². The van der Waals surface area contributed by atoms with E-state index in [1.807, 2.05) is 0 Å². The van der Waals surface area contributed by atoms with Crippen LogP contribution in [0.5, 0.6) is 0 Å². The van der Waals surface area contributed by atoms with Gasteiger partial charge in [-0.1, -0.05) is 23.4 Å². The maximum absolute atomic E-state index is 8.59. The number of hydrogen-bond acceptors (Lipinski definition) is 3. The van der Waals surface area contributed by atoms with Crippen LogP contribution < -0.4 is 5.73 Å². The van der Waals surface area contributed by atoms with Crippen LogP contribution in [0.3, 0.4) is 0 Å². The molecule has 0 bridgehead atoms. The number of rotatable bonds is 5. The fourth-order valence-corrected chi connectivity index (χ4v) is 2.00. The van der Waals surface area contributed by atoms with Gasteiger partial charge in [0.15, 0.2) is 0 Å². The Kier molecular flexibility index (Phi) is 5.16. The Bertz CT molecular complexity index is 409. The first kappa shape index (κ1) is 14.5. The molecule has 18 heavy (non-hydrogen) atoms. The van der Waals surface area contributed by atoms with Crippen molar-refractivity contribution in [3.05, 3.63) is 34.9 Å². The molecule has 0 radical (unpaired) electrons. The molecule has 0 heterocycles. The molecule has 4 nitrogen and oxygen atoms in total. The Morgan fingerprint density at radius 2 is 1.94 bits per heavy atom. The highest BCUT2D eigenvalue weighted by atomic mass is 16.4. The van der Waals surface area contributed by atoms with Gasteiger partial charge in [-0.15, -0.1) is 0 Å². The summed E-state index contributed by atoms with van der Waals surface area (Å²) in [6.45, 7) is 7.21. The second-order valence-corrected chi connectivity index (χ2v) is 4.93. The van der Waals surface area contributed by atoms with Gasteiger partial charge in [-0.3, -0.25) is 4.90 Å². The first-order valence-corrected chi connectivity index (χ1v) is 6.17. The molecular formula is C14H23N3O. The molecule has 0 saturated heterocycles. The molecule has 1 aromatic carbocycles. The van der Waals surface area contributed by atoms with Crippen molar-refractivity contribution >= 4 is 5.84 Å². The van der Waals surface area contributed by atoms with Crippen LogP contribution in [0.4, 0.5) is 0 Å². The summed E-state index contributed by atoms with van der Waals surface area (Å²) in [7, 11) is 2.06.